The molecule has 0 N–H and O–H groups in total. The fourth-order valence-electron chi connectivity index (χ4n) is 1.31. The maximum Gasteiger partial charge on any atom is 0.360 e. The van der Waals surface area contributed by atoms with Gasteiger partial charge in [-0.25, -0.2) is 13.6 Å². The molecule has 0 unspecified atom stereocenters. The topological polar surface area (TPSA) is 52.3 Å². The number of aromatic nitrogens is 1. The van der Waals surface area contributed by atoms with Crippen LogP contribution in [0.2, 0.25) is 0 Å². The van der Waals surface area contributed by atoms with E-state index in [-0.39, 0.29) is 21.5 Å². The van der Waals surface area contributed by atoms with E-state index in [0.717, 1.165) is 0 Å². The summed E-state index contributed by atoms with van der Waals surface area (Å²) in [6, 6.07) is 3.13. The van der Waals surface area contributed by atoms with Gasteiger partial charge in [-0.2, -0.15) is 0 Å². The lowest BCUT2D eigenvalue weighted by atomic mass is 10.1. The number of hydrogen-bond acceptors (Lipinski definition) is 4. The van der Waals surface area contributed by atoms with Gasteiger partial charge in [0.05, 0.1) is 17.1 Å². The number of carbonyl (C=O) groups is 1. The predicted octanol–water partition coefficient (Wildman–Crippen LogP) is 3.17. The third kappa shape index (κ3) is 2.26. The van der Waals surface area contributed by atoms with Gasteiger partial charge in [-0.1, -0.05) is 5.16 Å². The molecular weight excluding hydrogens is 312 g/mol. The number of ether oxygens (including phenoxy) is 1. The van der Waals surface area contributed by atoms with Crippen LogP contribution in [0.15, 0.2) is 27.2 Å². The molecule has 2 rings (SSSR count). The number of rotatable bonds is 2. The van der Waals surface area contributed by atoms with Crippen LogP contribution in [-0.2, 0) is 4.74 Å². The summed E-state index contributed by atoms with van der Waals surface area (Å²) >= 11 is 2.93. The van der Waals surface area contributed by atoms with E-state index in [2.05, 4.69) is 25.8 Å². The maximum absolute atomic E-state index is 13.5. The monoisotopic (exact) mass is 317 g/mol. The Kier molecular flexibility index (Phi) is 3.42. The molecule has 0 aliphatic carbocycles. The summed E-state index contributed by atoms with van der Waals surface area (Å²) in [5, 5.41) is 3.43. The van der Waals surface area contributed by atoms with Crippen LogP contribution >= 0.6 is 15.9 Å². The van der Waals surface area contributed by atoms with Gasteiger partial charge in [-0.05, 0) is 22.0 Å². The van der Waals surface area contributed by atoms with Gasteiger partial charge >= 0.3 is 5.97 Å². The largest absolute Gasteiger partial charge is 0.464 e. The van der Waals surface area contributed by atoms with Crippen molar-refractivity contribution >= 4 is 21.9 Å². The van der Waals surface area contributed by atoms with Crippen molar-refractivity contribution in [2.24, 2.45) is 0 Å². The Balaban J connectivity index is 2.46. The molecule has 0 atom stereocenters. The molecule has 0 amide bonds. The Morgan fingerprint density at radius 1 is 1.33 bits per heavy atom. The van der Waals surface area contributed by atoms with E-state index < -0.39 is 17.6 Å². The van der Waals surface area contributed by atoms with Crippen LogP contribution in [0.25, 0.3) is 11.3 Å². The molecule has 0 bridgehead atoms. The number of benzene rings is 1. The highest BCUT2D eigenvalue weighted by molar-refractivity contribution is 9.10. The number of carbonyl (C=O) groups excluding carboxylic acids is 1. The normalized spacial score (nSPS) is 10.4. The average Bonchev–Trinajstić information content (AvgIpc) is 2.82. The van der Waals surface area contributed by atoms with Gasteiger partial charge in [0, 0.05) is 12.1 Å². The molecule has 0 aliphatic rings. The van der Waals surface area contributed by atoms with Crippen molar-refractivity contribution in [2.75, 3.05) is 7.11 Å². The molecule has 1 aromatic heterocycles. The highest BCUT2D eigenvalue weighted by Crippen LogP contribution is 2.28. The molecule has 0 fully saturated rings. The number of nitrogens with zero attached hydrogens (tertiary/aromatic N) is 1. The molecular formula is C11H6BrF2NO3. The van der Waals surface area contributed by atoms with Crippen molar-refractivity contribution in [2.45, 2.75) is 0 Å². The minimum Gasteiger partial charge on any atom is -0.464 e. The summed E-state index contributed by atoms with van der Waals surface area (Å²) in [6.07, 6.45) is 0. The lowest BCUT2D eigenvalue weighted by Gasteiger charge is -2.00. The van der Waals surface area contributed by atoms with Crippen LogP contribution in [0.3, 0.4) is 0 Å². The van der Waals surface area contributed by atoms with Crippen molar-refractivity contribution in [1.82, 2.24) is 5.16 Å². The van der Waals surface area contributed by atoms with Gasteiger partial charge in [0.1, 0.15) is 11.6 Å². The first-order chi connectivity index (χ1) is 8.52. The Hall–Kier alpha value is -1.76. The smallest absolute Gasteiger partial charge is 0.360 e. The highest BCUT2D eigenvalue weighted by Gasteiger charge is 2.18. The van der Waals surface area contributed by atoms with Crippen LogP contribution in [-0.4, -0.2) is 18.2 Å². The summed E-state index contributed by atoms with van der Waals surface area (Å²) in [6.45, 7) is 0. The Bertz CT molecular complexity index is 612. The molecule has 1 aromatic carbocycles. The van der Waals surface area contributed by atoms with Gasteiger partial charge in [0.15, 0.2) is 11.5 Å². The maximum atomic E-state index is 13.5. The van der Waals surface area contributed by atoms with Gasteiger partial charge < -0.3 is 9.26 Å². The number of methoxy groups -OCH3 is 1. The van der Waals surface area contributed by atoms with Crippen LogP contribution in [0.4, 0.5) is 8.78 Å². The third-order valence-electron chi connectivity index (χ3n) is 2.18. The second-order valence-corrected chi connectivity index (χ2v) is 4.17. The first-order valence-corrected chi connectivity index (χ1v) is 5.52. The van der Waals surface area contributed by atoms with Crippen LogP contribution in [0.5, 0.6) is 0 Å². The summed E-state index contributed by atoms with van der Waals surface area (Å²) in [5.74, 6) is -2.24. The minimum atomic E-state index is -0.816. The van der Waals surface area contributed by atoms with E-state index in [9.17, 15) is 13.6 Å². The standard InChI is InChI=1S/C11H6BrF2NO3/c1-17-11(16)9-4-10(18-15-9)5-2-6(12)8(14)3-7(5)13/h2-4H,1H3. The summed E-state index contributed by atoms with van der Waals surface area (Å²) in [5.41, 5.74) is -0.0988. The summed E-state index contributed by atoms with van der Waals surface area (Å²) in [4.78, 5) is 11.2. The fourth-order valence-corrected chi connectivity index (χ4v) is 1.66. The van der Waals surface area contributed by atoms with E-state index in [4.69, 9.17) is 4.52 Å². The van der Waals surface area contributed by atoms with Crippen molar-refractivity contribution in [3.05, 3.63) is 40.0 Å². The SMILES string of the molecule is COC(=O)c1cc(-c2cc(Br)c(F)cc2F)on1. The molecule has 94 valence electrons. The molecule has 7 heteroatoms. The van der Waals surface area contributed by atoms with Crippen molar-refractivity contribution in [1.29, 1.82) is 0 Å². The summed E-state index contributed by atoms with van der Waals surface area (Å²) in [7, 11) is 1.19. The van der Waals surface area contributed by atoms with Gasteiger partial charge in [0.2, 0.25) is 0 Å². The molecule has 0 radical (unpaired) electrons. The second-order valence-electron chi connectivity index (χ2n) is 3.31. The van der Waals surface area contributed by atoms with E-state index in [1.165, 1.54) is 19.2 Å². The summed E-state index contributed by atoms with van der Waals surface area (Å²) < 4.78 is 35.9. The first-order valence-electron chi connectivity index (χ1n) is 4.73. The molecule has 0 saturated heterocycles. The van der Waals surface area contributed by atoms with Crippen molar-refractivity contribution in [3.8, 4) is 11.3 Å². The Morgan fingerprint density at radius 2 is 2.06 bits per heavy atom. The zero-order chi connectivity index (χ0) is 13.3. The van der Waals surface area contributed by atoms with Crippen molar-refractivity contribution in [3.63, 3.8) is 0 Å². The van der Waals surface area contributed by atoms with E-state index in [1.807, 2.05) is 0 Å². The number of hydrogen-bond donors (Lipinski definition) is 0. The van der Waals surface area contributed by atoms with Crippen LogP contribution in [0.1, 0.15) is 10.5 Å². The fraction of sp³-hybridized carbons (Fsp3) is 0.0909. The van der Waals surface area contributed by atoms with E-state index >= 15 is 0 Å². The van der Waals surface area contributed by atoms with Crippen LogP contribution in [0, 0.1) is 11.6 Å². The third-order valence-corrected chi connectivity index (χ3v) is 2.79. The minimum absolute atomic E-state index is 0.00796. The highest BCUT2D eigenvalue weighted by atomic mass is 79.9. The molecule has 0 saturated carbocycles. The number of halogens is 3. The zero-order valence-electron chi connectivity index (χ0n) is 9.04. The molecule has 18 heavy (non-hydrogen) atoms. The quantitative estimate of drug-likeness (QED) is 0.630. The zero-order valence-corrected chi connectivity index (χ0v) is 10.6. The predicted molar refractivity (Wildman–Crippen MR) is 60.9 cm³/mol. The average molecular weight is 318 g/mol. The number of esters is 1. The molecule has 4 nitrogen and oxygen atoms in total. The lowest BCUT2D eigenvalue weighted by Crippen LogP contribution is -2.00. The van der Waals surface area contributed by atoms with Gasteiger partial charge in [-0.3, -0.25) is 0 Å². The van der Waals surface area contributed by atoms with Gasteiger partial charge in [0.25, 0.3) is 0 Å². The van der Waals surface area contributed by atoms with E-state index in [0.29, 0.717) is 6.07 Å². The second kappa shape index (κ2) is 4.85. The Labute approximate surface area is 109 Å². The lowest BCUT2D eigenvalue weighted by molar-refractivity contribution is 0.0589. The van der Waals surface area contributed by atoms with E-state index in [1.54, 1.807) is 0 Å². The van der Waals surface area contributed by atoms with Crippen molar-refractivity contribution < 1.29 is 22.8 Å². The molecule has 1 heterocycles. The first kappa shape index (κ1) is 12.7. The molecule has 0 aliphatic heterocycles. The Morgan fingerprint density at radius 3 is 2.72 bits per heavy atom. The van der Waals surface area contributed by atoms with Gasteiger partial charge in [-0.15, -0.1) is 0 Å². The molecule has 0 spiro atoms. The molecule has 2 aromatic rings. The van der Waals surface area contributed by atoms with Crippen LogP contribution < -0.4 is 0 Å².